The molecule has 0 atom stereocenters. The summed E-state index contributed by atoms with van der Waals surface area (Å²) in [4.78, 5) is 23.3. The molecule has 6 nitrogen and oxygen atoms in total. The van der Waals surface area contributed by atoms with Crippen molar-refractivity contribution in [2.45, 2.75) is 0 Å². The largest absolute Gasteiger partial charge is 0.328 e. The molecule has 4 rings (SSSR count). The Labute approximate surface area is 112 Å². The van der Waals surface area contributed by atoms with Crippen LogP contribution in [0, 0.1) is 0 Å². The zero-order valence-electron chi connectivity index (χ0n) is 10.3. The van der Waals surface area contributed by atoms with E-state index >= 15 is 0 Å². The third-order valence-electron chi connectivity index (χ3n) is 3.18. The van der Waals surface area contributed by atoms with Crippen LogP contribution in [-0.4, -0.2) is 24.6 Å². The van der Waals surface area contributed by atoms with Gasteiger partial charge in [0.15, 0.2) is 0 Å². The van der Waals surface area contributed by atoms with Crippen molar-refractivity contribution >= 4 is 16.7 Å². The molecule has 1 N–H and O–H groups in total. The smallest absolute Gasteiger partial charge is 0.259 e. The summed E-state index contributed by atoms with van der Waals surface area (Å²) >= 11 is 0. The van der Waals surface area contributed by atoms with E-state index in [4.69, 9.17) is 0 Å². The third kappa shape index (κ3) is 1.45. The van der Waals surface area contributed by atoms with E-state index in [-0.39, 0.29) is 5.56 Å². The summed E-state index contributed by atoms with van der Waals surface area (Å²) in [6.45, 7) is 0. The summed E-state index contributed by atoms with van der Waals surface area (Å²) in [6.07, 6.45) is 3.02. The van der Waals surface area contributed by atoms with Crippen LogP contribution in [0.1, 0.15) is 0 Å². The van der Waals surface area contributed by atoms with E-state index in [0.717, 1.165) is 5.56 Å². The van der Waals surface area contributed by atoms with Crippen molar-refractivity contribution in [2.75, 3.05) is 0 Å². The second kappa shape index (κ2) is 3.99. The molecule has 6 heteroatoms. The van der Waals surface area contributed by atoms with Crippen molar-refractivity contribution in [3.63, 3.8) is 0 Å². The van der Waals surface area contributed by atoms with E-state index < -0.39 is 0 Å². The highest BCUT2D eigenvalue weighted by Crippen LogP contribution is 2.24. The maximum absolute atomic E-state index is 12.2. The second-order valence-corrected chi connectivity index (χ2v) is 4.37. The van der Waals surface area contributed by atoms with Gasteiger partial charge in [-0.2, -0.15) is 14.6 Å². The van der Waals surface area contributed by atoms with Gasteiger partial charge in [-0.25, -0.2) is 4.98 Å². The van der Waals surface area contributed by atoms with Gasteiger partial charge in [0.2, 0.25) is 0 Å². The van der Waals surface area contributed by atoms with Gasteiger partial charge in [-0.3, -0.25) is 4.79 Å². The van der Waals surface area contributed by atoms with Crippen LogP contribution in [0.15, 0.2) is 53.7 Å². The van der Waals surface area contributed by atoms with Crippen molar-refractivity contribution in [1.29, 1.82) is 0 Å². The first kappa shape index (κ1) is 10.9. The lowest BCUT2D eigenvalue weighted by atomic mass is 10.1. The van der Waals surface area contributed by atoms with Gasteiger partial charge >= 0.3 is 0 Å². The molecular weight excluding hydrogens is 254 g/mol. The van der Waals surface area contributed by atoms with Gasteiger partial charge in [0.1, 0.15) is 6.33 Å². The highest BCUT2D eigenvalue weighted by atomic mass is 16.1. The fourth-order valence-electron chi connectivity index (χ4n) is 2.34. The lowest BCUT2D eigenvalue weighted by Gasteiger charge is -2.07. The molecule has 0 saturated heterocycles. The van der Waals surface area contributed by atoms with Gasteiger partial charge in [-0.1, -0.05) is 30.3 Å². The van der Waals surface area contributed by atoms with E-state index in [9.17, 15) is 4.79 Å². The standard InChI is InChI=1S/C14H9N5O/c20-13-11-10(6-7-15-13)18-14-16-8-17-19(14)12(11)9-4-2-1-3-5-9/h1-8H,(H,15,20). The van der Waals surface area contributed by atoms with Gasteiger partial charge < -0.3 is 4.98 Å². The normalized spacial score (nSPS) is 11.2. The zero-order valence-corrected chi connectivity index (χ0v) is 10.3. The number of nitrogens with zero attached hydrogens (tertiary/aromatic N) is 4. The number of fused-ring (bicyclic) bond motifs is 2. The molecule has 0 bridgehead atoms. The number of aromatic amines is 1. The molecule has 0 spiro atoms. The molecule has 0 aliphatic carbocycles. The summed E-state index contributed by atoms with van der Waals surface area (Å²) in [7, 11) is 0. The van der Waals surface area contributed by atoms with Crippen molar-refractivity contribution in [3.05, 3.63) is 59.3 Å². The van der Waals surface area contributed by atoms with E-state index in [1.54, 1.807) is 16.8 Å². The Morgan fingerprint density at radius 3 is 2.80 bits per heavy atom. The molecule has 20 heavy (non-hydrogen) atoms. The van der Waals surface area contributed by atoms with Gasteiger partial charge in [-0.05, 0) is 6.07 Å². The summed E-state index contributed by atoms with van der Waals surface area (Å²) in [5.74, 6) is 0.474. The predicted octanol–water partition coefficient (Wildman–Crippen LogP) is 1.63. The summed E-state index contributed by atoms with van der Waals surface area (Å²) in [5, 5.41) is 4.69. The minimum Gasteiger partial charge on any atom is -0.328 e. The average molecular weight is 263 g/mol. The lowest BCUT2D eigenvalue weighted by molar-refractivity contribution is 0.958. The van der Waals surface area contributed by atoms with E-state index in [2.05, 4.69) is 20.1 Å². The topological polar surface area (TPSA) is 75.9 Å². The molecule has 96 valence electrons. The van der Waals surface area contributed by atoms with Gasteiger partial charge in [0, 0.05) is 11.8 Å². The molecular formula is C14H9N5O. The lowest BCUT2D eigenvalue weighted by Crippen LogP contribution is -2.10. The van der Waals surface area contributed by atoms with Gasteiger partial charge in [-0.15, -0.1) is 0 Å². The molecule has 3 heterocycles. The van der Waals surface area contributed by atoms with Crippen LogP contribution in [0.2, 0.25) is 0 Å². The molecule has 1 aromatic carbocycles. The van der Waals surface area contributed by atoms with Crippen molar-refractivity contribution in [3.8, 4) is 11.3 Å². The number of nitrogens with one attached hydrogen (secondary N) is 1. The van der Waals surface area contributed by atoms with E-state index in [0.29, 0.717) is 22.4 Å². The predicted molar refractivity (Wildman–Crippen MR) is 74.3 cm³/mol. The zero-order chi connectivity index (χ0) is 13.5. The number of H-pyrrole nitrogens is 1. The number of hydrogen-bond acceptors (Lipinski definition) is 4. The van der Waals surface area contributed by atoms with Crippen LogP contribution in [0.4, 0.5) is 0 Å². The van der Waals surface area contributed by atoms with Crippen LogP contribution in [0.5, 0.6) is 0 Å². The van der Waals surface area contributed by atoms with E-state index in [1.807, 2.05) is 30.3 Å². The summed E-state index contributed by atoms with van der Waals surface area (Å²) < 4.78 is 1.59. The van der Waals surface area contributed by atoms with Crippen molar-refractivity contribution < 1.29 is 0 Å². The number of hydrogen-bond donors (Lipinski definition) is 1. The fraction of sp³-hybridized carbons (Fsp3) is 0. The summed E-state index contributed by atoms with van der Waals surface area (Å²) in [5.41, 5.74) is 2.01. The van der Waals surface area contributed by atoms with Crippen LogP contribution < -0.4 is 5.56 Å². The Balaban J connectivity index is 2.30. The first-order chi connectivity index (χ1) is 9.84. The number of aromatic nitrogens is 5. The third-order valence-corrected chi connectivity index (χ3v) is 3.18. The Kier molecular flexibility index (Phi) is 2.17. The molecule has 3 aromatic heterocycles. The van der Waals surface area contributed by atoms with Crippen LogP contribution >= 0.6 is 0 Å². The van der Waals surface area contributed by atoms with Crippen LogP contribution in [0.3, 0.4) is 0 Å². The number of rotatable bonds is 1. The minimum atomic E-state index is -0.189. The molecule has 0 radical (unpaired) electrons. The molecule has 0 amide bonds. The maximum atomic E-state index is 12.2. The maximum Gasteiger partial charge on any atom is 0.259 e. The molecule has 0 saturated carbocycles. The average Bonchev–Trinajstić information content (AvgIpc) is 2.94. The second-order valence-electron chi connectivity index (χ2n) is 4.37. The Hall–Kier alpha value is -3.02. The molecule has 0 aliphatic rings. The monoisotopic (exact) mass is 263 g/mol. The first-order valence-electron chi connectivity index (χ1n) is 6.11. The van der Waals surface area contributed by atoms with E-state index in [1.165, 1.54) is 6.33 Å². The number of benzene rings is 1. The Morgan fingerprint density at radius 2 is 1.95 bits per heavy atom. The Morgan fingerprint density at radius 1 is 1.10 bits per heavy atom. The van der Waals surface area contributed by atoms with Crippen molar-refractivity contribution in [2.24, 2.45) is 0 Å². The Bertz CT molecular complexity index is 971. The van der Waals surface area contributed by atoms with Gasteiger partial charge in [0.05, 0.1) is 16.6 Å². The molecule has 0 unspecified atom stereocenters. The molecule has 0 fully saturated rings. The molecule has 0 aliphatic heterocycles. The highest BCUT2D eigenvalue weighted by molar-refractivity contribution is 5.92. The molecule has 4 aromatic rings. The highest BCUT2D eigenvalue weighted by Gasteiger charge is 2.14. The van der Waals surface area contributed by atoms with Crippen molar-refractivity contribution in [1.82, 2.24) is 24.6 Å². The van der Waals surface area contributed by atoms with Crippen LogP contribution in [0.25, 0.3) is 27.9 Å². The van der Waals surface area contributed by atoms with Gasteiger partial charge in [0.25, 0.3) is 11.3 Å². The summed E-state index contributed by atoms with van der Waals surface area (Å²) in [6, 6.07) is 11.4. The SMILES string of the molecule is O=c1[nH]ccc2nc3ncnn3c(-c3ccccc3)c12. The number of pyridine rings is 1. The quantitative estimate of drug-likeness (QED) is 0.566. The van der Waals surface area contributed by atoms with Crippen LogP contribution in [-0.2, 0) is 0 Å². The minimum absolute atomic E-state index is 0.189. The fourth-order valence-corrected chi connectivity index (χ4v) is 2.34. The first-order valence-corrected chi connectivity index (χ1v) is 6.11.